The third-order valence-corrected chi connectivity index (χ3v) is 0. The third-order valence-electron chi connectivity index (χ3n) is 0. The van der Waals surface area contributed by atoms with E-state index in [-0.39, 0.29) is 65.9 Å². The molecule has 0 aliphatic rings. The van der Waals surface area contributed by atoms with Crippen LogP contribution in [0.4, 0.5) is 0 Å². The van der Waals surface area contributed by atoms with E-state index in [0.717, 1.165) is 20.6 Å². The Balaban J connectivity index is -0.00000000500. The molecule has 4 heavy (non-hydrogen) atoms. The van der Waals surface area contributed by atoms with Crippen molar-refractivity contribution >= 4 is 78.8 Å². The summed E-state index contributed by atoms with van der Waals surface area (Å²) in [5.41, 5.74) is 0. The van der Waals surface area contributed by atoms with E-state index >= 15 is 0 Å². The first-order chi connectivity index (χ1) is 1.00. The summed E-state index contributed by atoms with van der Waals surface area (Å²) in [5.74, 6) is 0. The van der Waals surface area contributed by atoms with Gasteiger partial charge in [-0.25, -0.2) is 0 Å². The van der Waals surface area contributed by atoms with E-state index in [1.54, 1.807) is 0 Å². The van der Waals surface area contributed by atoms with E-state index in [0.29, 0.717) is 0 Å². The Labute approximate surface area is 93.3 Å². The summed E-state index contributed by atoms with van der Waals surface area (Å²) < 4.78 is 0. The molecule has 0 aromatic heterocycles. The SMILES string of the molecule is [BaH2].[Cu].[S]=[Sn]. The molecule has 0 amide bonds. The molecule has 0 N–H and O–H groups in total. The molecule has 0 saturated heterocycles. The van der Waals surface area contributed by atoms with Gasteiger partial charge in [-0.2, -0.15) is 0 Å². The van der Waals surface area contributed by atoms with Crippen molar-refractivity contribution in [3.63, 3.8) is 0 Å². The summed E-state index contributed by atoms with van der Waals surface area (Å²) in [4.78, 5) is 0. The molecule has 25 valence electrons. The molecule has 0 aromatic rings. The van der Waals surface area contributed by atoms with Crippen molar-refractivity contribution in [2.24, 2.45) is 0 Å². The van der Waals surface area contributed by atoms with E-state index < -0.39 is 0 Å². The van der Waals surface area contributed by atoms with Crippen molar-refractivity contribution in [3.8, 4) is 0 Å². The normalized spacial score (nSPS) is 1.00. The Morgan fingerprint density at radius 1 is 1.25 bits per heavy atom. The van der Waals surface area contributed by atoms with Crippen molar-refractivity contribution < 1.29 is 17.1 Å². The molecular weight excluding hydrogens is 352 g/mol. The fourth-order valence-corrected chi connectivity index (χ4v) is 0. The van der Waals surface area contributed by atoms with Crippen molar-refractivity contribution in [2.45, 2.75) is 0 Å². The molecule has 0 aliphatic heterocycles. The van der Waals surface area contributed by atoms with Crippen molar-refractivity contribution in [1.82, 2.24) is 0 Å². The van der Waals surface area contributed by atoms with Gasteiger partial charge in [0.15, 0.2) is 0 Å². The van der Waals surface area contributed by atoms with Gasteiger partial charge in [0.1, 0.15) is 0 Å². The second kappa shape index (κ2) is 16.5. The van der Waals surface area contributed by atoms with E-state index in [2.05, 4.69) is 9.29 Å². The summed E-state index contributed by atoms with van der Waals surface area (Å²) >= 11 is 1.13. The maximum atomic E-state index is 4.17. The zero-order valence-corrected chi connectivity index (χ0v) is 5.82. The molecule has 0 unspecified atom stereocenters. The summed E-state index contributed by atoms with van der Waals surface area (Å²) in [6.07, 6.45) is 0. The van der Waals surface area contributed by atoms with Gasteiger partial charge in [0.2, 0.25) is 0 Å². The van der Waals surface area contributed by atoms with Crippen LogP contribution < -0.4 is 0 Å². The maximum absolute atomic E-state index is 4.17. The second-order valence-corrected chi connectivity index (χ2v) is 0. The van der Waals surface area contributed by atoms with Crippen LogP contribution in [0.1, 0.15) is 0 Å². The molecule has 0 saturated carbocycles. The van der Waals surface area contributed by atoms with Crippen LogP contribution in [0.3, 0.4) is 0 Å². The van der Waals surface area contributed by atoms with Crippen LogP contribution in [0.15, 0.2) is 0 Å². The topological polar surface area (TPSA) is 0 Å². The fraction of sp³-hybridized carbons (Fsp3) is 0. The molecule has 0 spiro atoms. The average Bonchev–Trinajstić information content (AvgIpc) is 1.00. The summed E-state index contributed by atoms with van der Waals surface area (Å²) in [5, 5.41) is 0. The predicted molar refractivity (Wildman–Crippen MR) is 21.9 cm³/mol. The van der Waals surface area contributed by atoms with Gasteiger partial charge in [0.05, 0.1) is 0 Å². The Morgan fingerprint density at radius 3 is 1.25 bits per heavy atom. The predicted octanol–water partition coefficient (Wildman–Crippen LogP) is -0.651. The van der Waals surface area contributed by atoms with Gasteiger partial charge in [0, 0.05) is 17.1 Å². The molecule has 0 atom stereocenters. The minimum atomic E-state index is 0. The molecule has 4 heteroatoms. The first kappa shape index (κ1) is 15.7. The molecule has 0 fully saturated rings. The van der Waals surface area contributed by atoms with Crippen LogP contribution in [0.5, 0.6) is 0 Å². The molecule has 3 radical (unpaired) electrons. The van der Waals surface area contributed by atoms with Gasteiger partial charge in [-0.1, -0.05) is 0 Å². The molecule has 0 rings (SSSR count). The van der Waals surface area contributed by atoms with E-state index in [1.807, 2.05) is 0 Å². The van der Waals surface area contributed by atoms with Crippen LogP contribution in [-0.2, 0) is 17.1 Å². The first-order valence-electron chi connectivity index (χ1n) is 0.204. The number of hydrogen-bond acceptors (Lipinski definition) is 1. The zero-order valence-electron chi connectivity index (χ0n) is 1.21. The van der Waals surface area contributed by atoms with Crippen molar-refractivity contribution in [3.05, 3.63) is 0 Å². The van der Waals surface area contributed by atoms with E-state index in [4.69, 9.17) is 0 Å². The Morgan fingerprint density at radius 2 is 1.25 bits per heavy atom. The van der Waals surface area contributed by atoms with Gasteiger partial charge in [-0.3, -0.25) is 0 Å². The monoisotopic (exact) mass is 355 g/mol. The van der Waals surface area contributed by atoms with Crippen LogP contribution in [-0.4, -0.2) is 69.5 Å². The van der Waals surface area contributed by atoms with Crippen molar-refractivity contribution in [1.29, 1.82) is 0 Å². The summed E-state index contributed by atoms with van der Waals surface area (Å²) in [7, 11) is 4.17. The summed E-state index contributed by atoms with van der Waals surface area (Å²) in [6, 6.07) is 0. The minimum absolute atomic E-state index is 0. The summed E-state index contributed by atoms with van der Waals surface area (Å²) in [6.45, 7) is 0. The van der Waals surface area contributed by atoms with Crippen molar-refractivity contribution in [2.75, 3.05) is 0 Å². The Hall–Kier alpha value is 3.11. The molecule has 0 nitrogen and oxygen atoms in total. The first-order valence-corrected chi connectivity index (χ1v) is 4.11. The van der Waals surface area contributed by atoms with Crippen LogP contribution in [0.2, 0.25) is 0 Å². The molecule has 0 heterocycles. The van der Waals surface area contributed by atoms with Gasteiger partial charge in [-0.15, -0.1) is 0 Å². The Kier molecular flexibility index (Phi) is 64.8. The number of hydrogen-bond donors (Lipinski definition) is 0. The van der Waals surface area contributed by atoms with E-state index in [9.17, 15) is 0 Å². The Bertz CT molecular complexity index is 8.00. The molecule has 0 aromatic carbocycles. The van der Waals surface area contributed by atoms with Gasteiger partial charge < -0.3 is 0 Å². The average molecular weight is 354 g/mol. The molecular formula is H2BaCuSSn. The van der Waals surface area contributed by atoms with Crippen LogP contribution in [0.25, 0.3) is 0 Å². The molecule has 0 aliphatic carbocycles. The number of rotatable bonds is 0. The fourth-order valence-electron chi connectivity index (χ4n) is 0. The standard InChI is InChI=1S/Ba.Cu.S.Sn.2H. The quantitative estimate of drug-likeness (QED) is 0.522. The van der Waals surface area contributed by atoms with E-state index in [1.165, 1.54) is 0 Å². The van der Waals surface area contributed by atoms with Gasteiger partial charge in [0.25, 0.3) is 0 Å². The third kappa shape index (κ3) is 8.92. The zero-order chi connectivity index (χ0) is 2.00. The van der Waals surface area contributed by atoms with Crippen LogP contribution in [0, 0.1) is 0 Å². The molecule has 0 bridgehead atoms. The van der Waals surface area contributed by atoms with Crippen LogP contribution >= 0.6 is 9.29 Å². The second-order valence-electron chi connectivity index (χ2n) is 0. The van der Waals surface area contributed by atoms with Gasteiger partial charge in [-0.05, 0) is 0 Å². The van der Waals surface area contributed by atoms with Gasteiger partial charge >= 0.3 is 78.8 Å².